The number of nitrogens with one attached hydrogen (secondary N) is 1. The van der Waals surface area contributed by atoms with Gasteiger partial charge in [-0.3, -0.25) is 4.79 Å². The van der Waals surface area contributed by atoms with E-state index >= 15 is 0 Å². The first-order valence-electron chi connectivity index (χ1n) is 9.46. The monoisotopic (exact) mass is 395 g/mol. The third kappa shape index (κ3) is 3.68. The van der Waals surface area contributed by atoms with Gasteiger partial charge in [-0.25, -0.2) is 9.67 Å². The van der Waals surface area contributed by atoms with E-state index < -0.39 is 0 Å². The number of oxazole rings is 1. The van der Waals surface area contributed by atoms with Crippen LogP contribution in [0.2, 0.25) is 0 Å². The number of aromatic nitrogens is 4. The molecule has 1 N–H and O–H groups in total. The zero-order valence-corrected chi connectivity index (χ0v) is 15.9. The number of hydrogen-bond donors (Lipinski definition) is 1. The number of benzene rings is 3. The Bertz CT molecular complexity index is 1270. The number of fused-ring (bicyclic) bond motifs is 1. The molecule has 0 radical (unpaired) electrons. The second-order valence-electron chi connectivity index (χ2n) is 6.81. The summed E-state index contributed by atoms with van der Waals surface area (Å²) in [5.74, 6) is 0.224. The van der Waals surface area contributed by atoms with Crippen LogP contribution in [0, 0.1) is 0 Å². The summed E-state index contributed by atoms with van der Waals surface area (Å²) >= 11 is 0. The number of nitrogens with zero attached hydrogens (tertiary/aromatic N) is 4. The molecule has 5 rings (SSSR count). The molecular formula is C23H17N5O2. The summed E-state index contributed by atoms with van der Waals surface area (Å²) in [5, 5.41) is 10.8. The Morgan fingerprint density at radius 1 is 0.933 bits per heavy atom. The first kappa shape index (κ1) is 17.8. The van der Waals surface area contributed by atoms with Crippen molar-refractivity contribution in [1.82, 2.24) is 20.0 Å². The molecule has 0 aliphatic heterocycles. The minimum Gasteiger partial charge on any atom is -0.436 e. The normalized spacial score (nSPS) is 10.9. The molecule has 0 spiro atoms. The second-order valence-corrected chi connectivity index (χ2v) is 6.81. The fourth-order valence-corrected chi connectivity index (χ4v) is 3.14. The predicted octanol–water partition coefficient (Wildman–Crippen LogP) is 4.39. The van der Waals surface area contributed by atoms with Gasteiger partial charge in [-0.1, -0.05) is 47.7 Å². The van der Waals surface area contributed by atoms with Gasteiger partial charge in [0.2, 0.25) is 5.89 Å². The number of carbonyl (C=O) groups excluding carboxylic acids is 1. The molecule has 0 aliphatic carbocycles. The molecular weight excluding hydrogens is 378 g/mol. The van der Waals surface area contributed by atoms with Crippen LogP contribution < -0.4 is 5.32 Å². The average Bonchev–Trinajstić information content (AvgIpc) is 3.42. The third-order valence-electron chi connectivity index (χ3n) is 4.64. The van der Waals surface area contributed by atoms with Crippen molar-refractivity contribution in [3.8, 4) is 11.5 Å². The molecule has 2 aromatic heterocycles. The van der Waals surface area contributed by atoms with Gasteiger partial charge in [-0.05, 0) is 42.0 Å². The lowest BCUT2D eigenvalue weighted by molar-refractivity contribution is 0.102. The van der Waals surface area contributed by atoms with Crippen molar-refractivity contribution in [1.29, 1.82) is 0 Å². The summed E-state index contributed by atoms with van der Waals surface area (Å²) < 4.78 is 7.42. The first-order valence-corrected chi connectivity index (χ1v) is 9.46. The van der Waals surface area contributed by atoms with E-state index in [0.29, 0.717) is 18.1 Å². The average molecular weight is 395 g/mol. The Morgan fingerprint density at radius 3 is 2.50 bits per heavy atom. The molecule has 0 unspecified atom stereocenters. The summed E-state index contributed by atoms with van der Waals surface area (Å²) in [6.07, 6.45) is 1.63. The number of anilines is 1. The summed E-state index contributed by atoms with van der Waals surface area (Å²) in [7, 11) is 0. The highest BCUT2D eigenvalue weighted by molar-refractivity contribution is 6.02. The van der Waals surface area contributed by atoms with Gasteiger partial charge in [0.15, 0.2) is 11.3 Å². The van der Waals surface area contributed by atoms with Gasteiger partial charge in [0.25, 0.3) is 5.91 Å². The summed E-state index contributed by atoms with van der Waals surface area (Å²) in [6, 6.07) is 24.8. The summed E-state index contributed by atoms with van der Waals surface area (Å²) in [5.41, 5.74) is 4.38. The van der Waals surface area contributed by atoms with E-state index in [-0.39, 0.29) is 11.6 Å². The van der Waals surface area contributed by atoms with E-state index in [2.05, 4.69) is 20.6 Å². The van der Waals surface area contributed by atoms with Crippen molar-refractivity contribution in [3.05, 3.63) is 96.3 Å². The Balaban J connectivity index is 1.27. The van der Waals surface area contributed by atoms with Crippen LogP contribution in [0.4, 0.5) is 5.69 Å². The maximum atomic E-state index is 12.5. The van der Waals surface area contributed by atoms with Crippen LogP contribution in [0.15, 0.2) is 89.5 Å². The van der Waals surface area contributed by atoms with Crippen molar-refractivity contribution < 1.29 is 9.21 Å². The van der Waals surface area contributed by atoms with Crippen molar-refractivity contribution >= 4 is 22.7 Å². The molecule has 7 heteroatoms. The Kier molecular flexibility index (Phi) is 4.53. The van der Waals surface area contributed by atoms with Gasteiger partial charge < -0.3 is 9.73 Å². The van der Waals surface area contributed by atoms with Gasteiger partial charge in [-0.15, -0.1) is 5.10 Å². The van der Waals surface area contributed by atoms with Crippen molar-refractivity contribution in [2.24, 2.45) is 0 Å². The lowest BCUT2D eigenvalue weighted by Gasteiger charge is -2.03. The van der Waals surface area contributed by atoms with Crippen LogP contribution in [-0.4, -0.2) is 25.9 Å². The fourth-order valence-electron chi connectivity index (χ4n) is 3.14. The SMILES string of the molecule is O=C(Nc1ccc(-c2nc3ccccc3o2)cc1)c1cn(Cc2ccccc2)nn1. The van der Waals surface area contributed by atoms with E-state index in [1.165, 1.54) is 0 Å². The van der Waals surface area contributed by atoms with Crippen LogP contribution in [-0.2, 0) is 6.54 Å². The van der Waals surface area contributed by atoms with E-state index in [0.717, 1.165) is 22.2 Å². The largest absolute Gasteiger partial charge is 0.436 e. The molecule has 0 saturated carbocycles. The smallest absolute Gasteiger partial charge is 0.277 e. The third-order valence-corrected chi connectivity index (χ3v) is 4.64. The Morgan fingerprint density at radius 2 is 1.70 bits per heavy atom. The standard InChI is InChI=1S/C23H17N5O2/c29-22(20-15-28(27-26-20)14-16-6-2-1-3-7-16)24-18-12-10-17(11-13-18)23-25-19-8-4-5-9-21(19)30-23/h1-13,15H,14H2,(H,24,29). The van der Waals surface area contributed by atoms with E-state index in [9.17, 15) is 4.79 Å². The molecule has 0 atom stereocenters. The number of amides is 1. The van der Waals surface area contributed by atoms with Gasteiger partial charge in [0.05, 0.1) is 12.7 Å². The Hall–Kier alpha value is -4.26. The van der Waals surface area contributed by atoms with Crippen molar-refractivity contribution in [2.75, 3.05) is 5.32 Å². The second kappa shape index (κ2) is 7.63. The number of para-hydroxylation sites is 2. The molecule has 30 heavy (non-hydrogen) atoms. The van der Waals surface area contributed by atoms with Crippen LogP contribution in [0.25, 0.3) is 22.6 Å². The molecule has 7 nitrogen and oxygen atoms in total. The van der Waals surface area contributed by atoms with Crippen molar-refractivity contribution in [2.45, 2.75) is 6.54 Å². The number of carbonyl (C=O) groups is 1. The molecule has 0 bridgehead atoms. The van der Waals surface area contributed by atoms with Crippen LogP contribution in [0.1, 0.15) is 16.1 Å². The maximum absolute atomic E-state index is 12.5. The molecule has 0 saturated heterocycles. The van der Waals surface area contributed by atoms with Crippen molar-refractivity contribution in [3.63, 3.8) is 0 Å². The number of hydrogen-bond acceptors (Lipinski definition) is 5. The van der Waals surface area contributed by atoms with Crippen LogP contribution >= 0.6 is 0 Å². The molecule has 0 aliphatic rings. The summed E-state index contributed by atoms with van der Waals surface area (Å²) in [6.45, 7) is 0.556. The fraction of sp³-hybridized carbons (Fsp3) is 0.0435. The highest BCUT2D eigenvalue weighted by Crippen LogP contribution is 2.25. The maximum Gasteiger partial charge on any atom is 0.277 e. The molecule has 146 valence electrons. The molecule has 3 aromatic carbocycles. The van der Waals surface area contributed by atoms with E-state index in [1.807, 2.05) is 66.7 Å². The lowest BCUT2D eigenvalue weighted by Crippen LogP contribution is -2.12. The summed E-state index contributed by atoms with van der Waals surface area (Å²) in [4.78, 5) is 17.0. The van der Waals surface area contributed by atoms with E-state index in [1.54, 1.807) is 23.0 Å². The molecule has 0 fully saturated rings. The zero-order chi connectivity index (χ0) is 20.3. The lowest BCUT2D eigenvalue weighted by atomic mass is 10.2. The van der Waals surface area contributed by atoms with Crippen LogP contribution in [0.3, 0.4) is 0 Å². The highest BCUT2D eigenvalue weighted by atomic mass is 16.3. The van der Waals surface area contributed by atoms with Gasteiger partial charge in [0, 0.05) is 11.3 Å². The minimum atomic E-state index is -0.316. The molecule has 5 aromatic rings. The quantitative estimate of drug-likeness (QED) is 0.477. The van der Waals surface area contributed by atoms with Gasteiger partial charge in [-0.2, -0.15) is 0 Å². The Labute approximate surface area is 172 Å². The first-order chi connectivity index (χ1) is 14.7. The zero-order valence-electron chi connectivity index (χ0n) is 15.9. The predicted molar refractivity (Wildman–Crippen MR) is 113 cm³/mol. The molecule has 1 amide bonds. The topological polar surface area (TPSA) is 85.8 Å². The number of rotatable bonds is 5. The highest BCUT2D eigenvalue weighted by Gasteiger charge is 2.12. The van der Waals surface area contributed by atoms with E-state index in [4.69, 9.17) is 4.42 Å². The minimum absolute atomic E-state index is 0.258. The van der Waals surface area contributed by atoms with Crippen LogP contribution in [0.5, 0.6) is 0 Å². The van der Waals surface area contributed by atoms with Gasteiger partial charge in [0.1, 0.15) is 5.52 Å². The van der Waals surface area contributed by atoms with Gasteiger partial charge >= 0.3 is 0 Å². The molecule has 2 heterocycles.